The average Bonchev–Trinajstić information content (AvgIpc) is 2.60. The molecule has 0 atom stereocenters. The zero-order valence-corrected chi connectivity index (χ0v) is 19.2. The van der Waals surface area contributed by atoms with Crippen LogP contribution in [0.2, 0.25) is 18.6 Å². The van der Waals surface area contributed by atoms with Crippen LogP contribution in [0.3, 0.4) is 0 Å². The van der Waals surface area contributed by atoms with Gasteiger partial charge in [0.2, 0.25) is 0 Å². The van der Waals surface area contributed by atoms with E-state index in [1.807, 2.05) is 0 Å². The summed E-state index contributed by atoms with van der Waals surface area (Å²) in [6.45, 7) is 14.2. The van der Waals surface area contributed by atoms with Crippen molar-refractivity contribution in [2.75, 3.05) is 40.5 Å². The lowest BCUT2D eigenvalue weighted by molar-refractivity contribution is 0.118. The molecule has 146 valence electrons. The molecule has 0 spiro atoms. The largest absolute Gasteiger partial charge is 0.427 e. The fraction of sp³-hybridized carbons (Fsp3) is 1.00. The summed E-state index contributed by atoms with van der Waals surface area (Å²) in [6.07, 6.45) is 4.74. The summed E-state index contributed by atoms with van der Waals surface area (Å²) in [4.78, 5) is 0. The maximum absolute atomic E-state index is 6.36. The first-order valence-corrected chi connectivity index (χ1v) is 14.1. The second kappa shape index (κ2) is 13.4. The van der Waals surface area contributed by atoms with Gasteiger partial charge in [-0.25, -0.2) is 0 Å². The topological polar surface area (TPSA) is 40.2 Å². The van der Waals surface area contributed by atoms with Gasteiger partial charge in [0, 0.05) is 33.5 Å². The highest BCUT2D eigenvalue weighted by atomic mass is 28.4. The van der Waals surface area contributed by atoms with Gasteiger partial charge in [-0.1, -0.05) is 26.7 Å². The van der Waals surface area contributed by atoms with Crippen LogP contribution in [0, 0.1) is 0 Å². The normalized spacial score (nSPS) is 13.0. The minimum Gasteiger partial charge on any atom is -0.398 e. The van der Waals surface area contributed by atoms with Crippen molar-refractivity contribution in [1.82, 2.24) is 4.57 Å². The predicted molar refractivity (Wildman–Crippen MR) is 106 cm³/mol. The van der Waals surface area contributed by atoms with Gasteiger partial charge in [0.15, 0.2) is 0 Å². The van der Waals surface area contributed by atoms with Gasteiger partial charge in [-0.15, -0.1) is 0 Å². The summed E-state index contributed by atoms with van der Waals surface area (Å²) < 4.78 is 26.6. The van der Waals surface area contributed by atoms with E-state index in [4.69, 9.17) is 17.7 Å². The van der Waals surface area contributed by atoms with Gasteiger partial charge < -0.3 is 17.7 Å². The highest BCUT2D eigenvalue weighted by Gasteiger charge is 2.46. The van der Waals surface area contributed by atoms with E-state index in [9.17, 15) is 0 Å². The van der Waals surface area contributed by atoms with Crippen LogP contribution < -0.4 is 0 Å². The number of rotatable bonds is 16. The third-order valence-electron chi connectivity index (χ3n) is 4.54. The zero-order chi connectivity index (χ0) is 18.5. The van der Waals surface area contributed by atoms with Gasteiger partial charge in [-0.05, 0) is 52.4 Å². The van der Waals surface area contributed by atoms with Crippen molar-refractivity contribution in [3.8, 4) is 0 Å². The van der Waals surface area contributed by atoms with Gasteiger partial charge in [-0.3, -0.25) is 4.57 Å². The predicted octanol–water partition coefficient (Wildman–Crippen LogP) is 4.27. The van der Waals surface area contributed by atoms with Crippen molar-refractivity contribution in [2.45, 2.75) is 72.0 Å². The average molecular weight is 380 g/mol. The molecule has 0 aliphatic carbocycles. The summed E-state index contributed by atoms with van der Waals surface area (Å²) in [5.41, 5.74) is 0. The Morgan fingerprint density at radius 2 is 1.21 bits per heavy atom. The first-order chi connectivity index (χ1) is 11.5. The highest BCUT2D eigenvalue weighted by molar-refractivity contribution is 6.71. The summed E-state index contributed by atoms with van der Waals surface area (Å²) in [5, 5.41) is 0. The molecule has 0 heterocycles. The minimum absolute atomic E-state index is 0.694. The monoisotopic (exact) mass is 379 g/mol. The lowest BCUT2D eigenvalue weighted by atomic mass is 10.3. The van der Waals surface area contributed by atoms with Crippen LogP contribution in [0.25, 0.3) is 0 Å². The Bertz CT molecular complexity index is 290. The molecule has 0 aromatic rings. The Labute approximate surface area is 152 Å². The van der Waals surface area contributed by atoms with E-state index in [1.165, 1.54) is 25.7 Å². The SMILES string of the molecule is CCCCN(CCCC)[Si](CC[Si](C)(OC)OC)(OCC)OCC. The van der Waals surface area contributed by atoms with Gasteiger partial charge in [0.25, 0.3) is 0 Å². The standard InChI is InChI=1S/C17H41NO4Si2/c1-8-12-14-18(15-13-9-2)24(21-10-3,22-11-4)17-16-23(7,19-5)20-6/h8-17H2,1-7H3. The fourth-order valence-corrected chi connectivity index (χ4v) is 9.41. The molecule has 0 fully saturated rings. The van der Waals surface area contributed by atoms with Crippen LogP contribution in [-0.2, 0) is 17.7 Å². The van der Waals surface area contributed by atoms with Crippen LogP contribution in [0.1, 0.15) is 53.4 Å². The smallest absolute Gasteiger partial charge is 0.398 e. The second-order valence-corrected chi connectivity index (χ2v) is 13.0. The molecular weight excluding hydrogens is 338 g/mol. The minimum atomic E-state index is -2.43. The maximum atomic E-state index is 6.36. The molecule has 0 aliphatic heterocycles. The Balaban J connectivity index is 5.35. The molecule has 24 heavy (non-hydrogen) atoms. The Morgan fingerprint density at radius 1 is 0.750 bits per heavy atom. The number of nitrogens with zero attached hydrogens (tertiary/aromatic N) is 1. The molecule has 0 aromatic heterocycles. The fourth-order valence-electron chi connectivity index (χ4n) is 2.80. The summed E-state index contributed by atoms with van der Waals surface area (Å²) in [7, 11) is -1.05. The molecule has 0 saturated carbocycles. The number of unbranched alkanes of at least 4 members (excludes halogenated alkanes) is 2. The first-order valence-electron chi connectivity index (χ1n) is 9.60. The van der Waals surface area contributed by atoms with Crippen LogP contribution in [-0.4, -0.2) is 62.4 Å². The van der Waals surface area contributed by atoms with Crippen LogP contribution in [0.15, 0.2) is 0 Å². The molecule has 0 bridgehead atoms. The van der Waals surface area contributed by atoms with E-state index < -0.39 is 17.3 Å². The molecule has 0 amide bonds. The number of hydrogen-bond donors (Lipinski definition) is 0. The molecule has 0 rings (SSSR count). The summed E-state index contributed by atoms with van der Waals surface area (Å²) in [5.74, 6) is 0. The van der Waals surface area contributed by atoms with E-state index in [0.717, 1.165) is 25.2 Å². The molecule has 0 radical (unpaired) electrons. The van der Waals surface area contributed by atoms with Gasteiger partial charge in [0.05, 0.1) is 0 Å². The molecule has 7 heteroatoms. The van der Waals surface area contributed by atoms with E-state index in [0.29, 0.717) is 13.2 Å². The molecule has 0 N–H and O–H groups in total. The van der Waals surface area contributed by atoms with Crippen molar-refractivity contribution >= 4 is 17.3 Å². The van der Waals surface area contributed by atoms with Gasteiger partial charge in [0.1, 0.15) is 0 Å². The zero-order valence-electron chi connectivity index (χ0n) is 17.2. The lowest BCUT2D eigenvalue weighted by Crippen LogP contribution is -2.60. The van der Waals surface area contributed by atoms with Gasteiger partial charge in [-0.2, -0.15) is 0 Å². The van der Waals surface area contributed by atoms with Crippen molar-refractivity contribution in [1.29, 1.82) is 0 Å². The van der Waals surface area contributed by atoms with E-state index in [-0.39, 0.29) is 0 Å². The van der Waals surface area contributed by atoms with E-state index in [1.54, 1.807) is 14.2 Å². The lowest BCUT2D eigenvalue weighted by Gasteiger charge is -2.41. The Kier molecular flexibility index (Phi) is 13.6. The van der Waals surface area contributed by atoms with Crippen molar-refractivity contribution in [3.05, 3.63) is 0 Å². The molecule has 5 nitrogen and oxygen atoms in total. The first kappa shape index (κ1) is 24.2. The summed E-state index contributed by atoms with van der Waals surface area (Å²) in [6, 6.07) is 1.81. The van der Waals surface area contributed by atoms with E-state index >= 15 is 0 Å². The van der Waals surface area contributed by atoms with Crippen LogP contribution in [0.4, 0.5) is 0 Å². The summed E-state index contributed by atoms with van der Waals surface area (Å²) >= 11 is 0. The molecule has 0 aromatic carbocycles. The van der Waals surface area contributed by atoms with Crippen LogP contribution in [0.5, 0.6) is 0 Å². The highest BCUT2D eigenvalue weighted by Crippen LogP contribution is 2.27. The van der Waals surface area contributed by atoms with Gasteiger partial charge >= 0.3 is 17.3 Å². The molecule has 0 aliphatic rings. The number of hydrogen-bond acceptors (Lipinski definition) is 5. The molecular formula is C17H41NO4Si2. The molecule has 0 saturated heterocycles. The van der Waals surface area contributed by atoms with Crippen LogP contribution >= 0.6 is 0 Å². The quantitative estimate of drug-likeness (QED) is 0.375. The second-order valence-electron chi connectivity index (χ2n) is 6.31. The van der Waals surface area contributed by atoms with Crippen molar-refractivity contribution in [3.63, 3.8) is 0 Å². The Morgan fingerprint density at radius 3 is 1.54 bits per heavy atom. The maximum Gasteiger partial charge on any atom is 0.427 e. The van der Waals surface area contributed by atoms with Crippen molar-refractivity contribution < 1.29 is 17.7 Å². The van der Waals surface area contributed by atoms with Crippen molar-refractivity contribution in [2.24, 2.45) is 0 Å². The molecule has 0 unspecified atom stereocenters. The third-order valence-corrected chi connectivity index (χ3v) is 11.7. The Hall–Kier alpha value is 0.234. The van der Waals surface area contributed by atoms with E-state index in [2.05, 4.69) is 38.8 Å². The third kappa shape index (κ3) is 8.08.